The van der Waals surface area contributed by atoms with Gasteiger partial charge in [0.15, 0.2) is 0 Å². The van der Waals surface area contributed by atoms with E-state index in [2.05, 4.69) is 5.32 Å². The van der Waals surface area contributed by atoms with E-state index in [4.69, 9.17) is 10.5 Å². The second-order valence-corrected chi connectivity index (χ2v) is 7.83. The minimum Gasteiger partial charge on any atom is -0.496 e. The Kier molecular flexibility index (Phi) is 6.18. The Morgan fingerprint density at radius 2 is 1.87 bits per heavy atom. The van der Waals surface area contributed by atoms with E-state index in [0.29, 0.717) is 17.9 Å². The summed E-state index contributed by atoms with van der Waals surface area (Å²) >= 11 is 0. The fourth-order valence-electron chi connectivity index (χ4n) is 4.25. The first-order valence-electron chi connectivity index (χ1n) is 10.5. The molecular formula is C25H27N3O3. The molecule has 3 aromatic rings. The molecule has 6 heteroatoms. The molecule has 3 aromatic carbocycles. The number of amides is 2. The van der Waals surface area contributed by atoms with Crippen molar-refractivity contribution in [2.24, 2.45) is 5.73 Å². The number of benzene rings is 3. The number of rotatable bonds is 7. The summed E-state index contributed by atoms with van der Waals surface area (Å²) in [6, 6.07) is 20.0. The van der Waals surface area contributed by atoms with E-state index in [1.165, 1.54) is 0 Å². The van der Waals surface area contributed by atoms with Crippen LogP contribution in [0.15, 0.2) is 66.7 Å². The zero-order valence-corrected chi connectivity index (χ0v) is 17.6. The largest absolute Gasteiger partial charge is 0.496 e. The molecule has 160 valence electrons. The fourth-order valence-corrected chi connectivity index (χ4v) is 4.25. The molecular weight excluding hydrogens is 390 g/mol. The highest BCUT2D eigenvalue weighted by Gasteiger charge is 2.35. The Labute approximate surface area is 182 Å². The lowest BCUT2D eigenvalue weighted by atomic mass is 10.0. The second kappa shape index (κ2) is 9.18. The molecule has 2 unspecified atom stereocenters. The Hall–Kier alpha value is -3.38. The van der Waals surface area contributed by atoms with Crippen LogP contribution in [-0.2, 0) is 16.0 Å². The monoisotopic (exact) mass is 417 g/mol. The number of hydrogen-bond donors (Lipinski definition) is 2. The number of ether oxygens (including phenoxy) is 1. The minimum absolute atomic E-state index is 0.144. The van der Waals surface area contributed by atoms with Crippen LogP contribution in [0.4, 0.5) is 5.69 Å². The molecule has 0 aromatic heterocycles. The lowest BCUT2D eigenvalue weighted by Crippen LogP contribution is -2.54. The summed E-state index contributed by atoms with van der Waals surface area (Å²) < 4.78 is 5.61. The fraction of sp³-hybridized carbons (Fsp3) is 0.280. The van der Waals surface area contributed by atoms with Crippen molar-refractivity contribution >= 4 is 28.3 Å². The summed E-state index contributed by atoms with van der Waals surface area (Å²) in [5.41, 5.74) is 7.40. The van der Waals surface area contributed by atoms with Gasteiger partial charge in [0.05, 0.1) is 13.2 Å². The Morgan fingerprint density at radius 1 is 1.13 bits per heavy atom. The lowest BCUT2D eigenvalue weighted by molar-refractivity contribution is -0.125. The minimum atomic E-state index is -0.817. The lowest BCUT2D eigenvalue weighted by Gasteiger charge is -2.32. The molecule has 1 aliphatic rings. The third kappa shape index (κ3) is 4.39. The van der Waals surface area contributed by atoms with Crippen LogP contribution in [0.5, 0.6) is 5.75 Å². The Balaban J connectivity index is 1.83. The van der Waals surface area contributed by atoms with Crippen molar-refractivity contribution in [3.63, 3.8) is 0 Å². The molecule has 0 spiro atoms. The van der Waals surface area contributed by atoms with Crippen LogP contribution in [0, 0.1) is 0 Å². The van der Waals surface area contributed by atoms with Crippen molar-refractivity contribution < 1.29 is 14.3 Å². The normalized spacial score (nSPS) is 16.7. The smallest absolute Gasteiger partial charge is 0.244 e. The van der Waals surface area contributed by atoms with E-state index < -0.39 is 11.9 Å². The molecule has 1 fully saturated rings. The Bertz CT molecular complexity index is 1080. The van der Waals surface area contributed by atoms with E-state index in [9.17, 15) is 9.59 Å². The van der Waals surface area contributed by atoms with Gasteiger partial charge in [0.1, 0.15) is 11.8 Å². The number of nitrogens with zero attached hydrogens (tertiary/aromatic N) is 1. The molecule has 1 aliphatic heterocycles. The number of nitrogens with one attached hydrogen (secondary N) is 1. The van der Waals surface area contributed by atoms with E-state index in [1.807, 2.05) is 66.7 Å². The maximum Gasteiger partial charge on any atom is 0.244 e. The Morgan fingerprint density at radius 3 is 2.55 bits per heavy atom. The van der Waals surface area contributed by atoms with Crippen LogP contribution in [0.1, 0.15) is 18.4 Å². The van der Waals surface area contributed by atoms with Crippen molar-refractivity contribution in [1.82, 2.24) is 5.32 Å². The molecule has 31 heavy (non-hydrogen) atoms. The first-order chi connectivity index (χ1) is 15.1. The van der Waals surface area contributed by atoms with E-state index in [-0.39, 0.29) is 11.9 Å². The van der Waals surface area contributed by atoms with Gasteiger partial charge in [-0.05, 0) is 36.4 Å². The maximum absolute atomic E-state index is 13.6. The number of methoxy groups -OCH3 is 1. The number of carbonyl (C=O) groups excluding carboxylic acids is 2. The van der Waals surface area contributed by atoms with E-state index in [0.717, 1.165) is 35.7 Å². The molecule has 6 nitrogen and oxygen atoms in total. The number of anilines is 1. The van der Waals surface area contributed by atoms with Gasteiger partial charge in [-0.2, -0.15) is 0 Å². The number of hydrogen-bond acceptors (Lipinski definition) is 4. The third-order valence-electron chi connectivity index (χ3n) is 5.81. The first-order valence-corrected chi connectivity index (χ1v) is 10.5. The van der Waals surface area contributed by atoms with Gasteiger partial charge < -0.3 is 15.8 Å². The van der Waals surface area contributed by atoms with Gasteiger partial charge in [0.2, 0.25) is 11.8 Å². The molecule has 0 radical (unpaired) electrons. The van der Waals surface area contributed by atoms with Crippen LogP contribution in [0.2, 0.25) is 0 Å². The van der Waals surface area contributed by atoms with E-state index in [1.54, 1.807) is 12.0 Å². The molecule has 0 saturated carbocycles. The van der Waals surface area contributed by atoms with Gasteiger partial charge in [0, 0.05) is 23.6 Å². The molecule has 1 heterocycles. The number of nitrogens with two attached hydrogens (primary N) is 1. The topological polar surface area (TPSA) is 84.7 Å². The number of primary amides is 1. The summed E-state index contributed by atoms with van der Waals surface area (Å²) in [7, 11) is 1.60. The van der Waals surface area contributed by atoms with Crippen LogP contribution < -0.4 is 20.7 Å². The highest BCUT2D eigenvalue weighted by Crippen LogP contribution is 2.33. The molecule has 2 atom stereocenters. The maximum atomic E-state index is 13.6. The standard InChI is InChI=1S/C25H27N3O3/c1-31-23-16-19(15-18-10-5-6-11-20(18)23)28(25(30)21-12-7-13-27-21)22(24(26)29)14-17-8-3-2-4-9-17/h2-6,8-11,15-16,21-22,27H,7,12-14H2,1H3,(H2,26,29). The van der Waals surface area contributed by atoms with Crippen molar-refractivity contribution in [1.29, 1.82) is 0 Å². The van der Waals surface area contributed by atoms with Crippen molar-refractivity contribution in [2.45, 2.75) is 31.3 Å². The van der Waals surface area contributed by atoms with Crippen LogP contribution >= 0.6 is 0 Å². The zero-order valence-electron chi connectivity index (χ0n) is 17.6. The van der Waals surface area contributed by atoms with Gasteiger partial charge in [-0.15, -0.1) is 0 Å². The van der Waals surface area contributed by atoms with Crippen LogP contribution in [0.25, 0.3) is 10.8 Å². The van der Waals surface area contributed by atoms with Gasteiger partial charge in [-0.1, -0.05) is 54.6 Å². The second-order valence-electron chi connectivity index (χ2n) is 7.83. The molecule has 3 N–H and O–H groups in total. The van der Waals surface area contributed by atoms with E-state index >= 15 is 0 Å². The zero-order chi connectivity index (χ0) is 21.8. The summed E-state index contributed by atoms with van der Waals surface area (Å²) in [6.45, 7) is 0.783. The van der Waals surface area contributed by atoms with Crippen molar-refractivity contribution in [3.8, 4) is 5.75 Å². The summed E-state index contributed by atoms with van der Waals surface area (Å²) in [5, 5.41) is 5.13. The number of carbonyl (C=O) groups is 2. The first kappa shape index (κ1) is 20.9. The molecule has 2 amide bonds. The average Bonchev–Trinajstić information content (AvgIpc) is 3.33. The predicted octanol–water partition coefficient (Wildman–Crippen LogP) is 3.03. The van der Waals surface area contributed by atoms with Crippen LogP contribution in [-0.4, -0.2) is 37.6 Å². The molecule has 0 bridgehead atoms. The highest BCUT2D eigenvalue weighted by atomic mass is 16.5. The number of fused-ring (bicyclic) bond motifs is 1. The predicted molar refractivity (Wildman–Crippen MR) is 122 cm³/mol. The van der Waals surface area contributed by atoms with Gasteiger partial charge >= 0.3 is 0 Å². The van der Waals surface area contributed by atoms with Gasteiger partial charge in [0.25, 0.3) is 0 Å². The van der Waals surface area contributed by atoms with Gasteiger partial charge in [-0.25, -0.2) is 0 Å². The van der Waals surface area contributed by atoms with Gasteiger partial charge in [-0.3, -0.25) is 14.5 Å². The summed E-state index contributed by atoms with van der Waals surface area (Å²) in [6.07, 6.45) is 1.99. The third-order valence-corrected chi connectivity index (χ3v) is 5.81. The molecule has 0 aliphatic carbocycles. The highest BCUT2D eigenvalue weighted by molar-refractivity contribution is 6.05. The van der Waals surface area contributed by atoms with Crippen molar-refractivity contribution in [2.75, 3.05) is 18.6 Å². The van der Waals surface area contributed by atoms with Crippen LogP contribution in [0.3, 0.4) is 0 Å². The average molecular weight is 418 g/mol. The van der Waals surface area contributed by atoms with Crippen molar-refractivity contribution in [3.05, 3.63) is 72.3 Å². The molecule has 4 rings (SSSR count). The summed E-state index contributed by atoms with van der Waals surface area (Å²) in [4.78, 5) is 27.8. The summed E-state index contributed by atoms with van der Waals surface area (Å²) in [5.74, 6) is -0.0369. The quantitative estimate of drug-likeness (QED) is 0.619. The SMILES string of the molecule is COc1cc(N(C(=O)C2CCCN2)C(Cc2ccccc2)C(N)=O)cc2ccccc12. The molecule has 1 saturated heterocycles.